The molecule has 5 heteroatoms. The number of aliphatic hydroxyl groups excluding tert-OH is 1. The molecule has 2 aromatic heterocycles. The molecule has 0 fully saturated rings. The summed E-state index contributed by atoms with van der Waals surface area (Å²) in [6.45, 7) is 8.41. The normalized spacial score (nSPS) is 13.3. The van der Waals surface area contributed by atoms with Crippen LogP contribution in [0.25, 0.3) is 4.96 Å². The Balaban J connectivity index is 1.87. The van der Waals surface area contributed by atoms with Crippen LogP contribution in [0.3, 0.4) is 0 Å². The number of nitrogens with one attached hydrogen (secondary N) is 1. The Kier molecular flexibility index (Phi) is 4.96. The predicted molar refractivity (Wildman–Crippen MR) is 79.7 cm³/mol. The Morgan fingerprint density at radius 3 is 3.00 bits per heavy atom. The van der Waals surface area contributed by atoms with Crippen molar-refractivity contribution >= 4 is 16.3 Å². The molecule has 2 rings (SSSR count). The molecule has 0 bridgehead atoms. The number of imidazole rings is 1. The van der Waals surface area contributed by atoms with Gasteiger partial charge in [0.1, 0.15) is 0 Å². The van der Waals surface area contributed by atoms with Gasteiger partial charge in [-0.1, -0.05) is 6.92 Å². The molecule has 0 amide bonds. The summed E-state index contributed by atoms with van der Waals surface area (Å²) < 4.78 is 2.24. The summed E-state index contributed by atoms with van der Waals surface area (Å²) in [6, 6.07) is 0. The first-order valence-electron chi connectivity index (χ1n) is 6.87. The van der Waals surface area contributed by atoms with Gasteiger partial charge in [0.25, 0.3) is 0 Å². The Hall–Kier alpha value is -0.910. The molecule has 4 nitrogen and oxygen atoms in total. The Bertz CT molecular complexity index is 532. The van der Waals surface area contributed by atoms with Crippen molar-refractivity contribution in [1.29, 1.82) is 0 Å². The van der Waals surface area contributed by atoms with E-state index >= 15 is 0 Å². The second-order valence-electron chi connectivity index (χ2n) is 5.25. The Labute approximate surface area is 118 Å². The summed E-state index contributed by atoms with van der Waals surface area (Å²) in [5, 5.41) is 14.6. The van der Waals surface area contributed by atoms with Crippen molar-refractivity contribution in [1.82, 2.24) is 14.7 Å². The van der Waals surface area contributed by atoms with Crippen LogP contribution in [0.1, 0.15) is 36.8 Å². The molecule has 2 aromatic rings. The minimum absolute atomic E-state index is 0.288. The summed E-state index contributed by atoms with van der Waals surface area (Å²) in [6.07, 6.45) is 2.17. The van der Waals surface area contributed by atoms with E-state index < -0.39 is 0 Å². The zero-order valence-electron chi connectivity index (χ0n) is 11.9. The Morgan fingerprint density at radius 1 is 1.47 bits per heavy atom. The lowest BCUT2D eigenvalue weighted by atomic mass is 10.1. The van der Waals surface area contributed by atoms with Crippen molar-refractivity contribution in [3.63, 3.8) is 0 Å². The molecule has 106 valence electrons. The first-order valence-corrected chi connectivity index (χ1v) is 7.75. The summed E-state index contributed by atoms with van der Waals surface area (Å²) in [5.41, 5.74) is 3.64. The number of fused-ring (bicyclic) bond motifs is 1. The lowest BCUT2D eigenvalue weighted by molar-refractivity contribution is 0.228. The molecular formula is C14H23N3OS. The van der Waals surface area contributed by atoms with Gasteiger partial charge in [0.15, 0.2) is 4.96 Å². The van der Waals surface area contributed by atoms with Crippen LogP contribution in [-0.4, -0.2) is 27.6 Å². The minimum Gasteiger partial charge on any atom is -0.396 e. The van der Waals surface area contributed by atoms with Gasteiger partial charge in [-0.15, -0.1) is 11.3 Å². The van der Waals surface area contributed by atoms with E-state index in [-0.39, 0.29) is 6.61 Å². The van der Waals surface area contributed by atoms with Crippen LogP contribution in [0.15, 0.2) is 5.38 Å². The summed E-state index contributed by atoms with van der Waals surface area (Å²) in [5.74, 6) is 0.407. The Morgan fingerprint density at radius 2 is 2.26 bits per heavy atom. The molecule has 19 heavy (non-hydrogen) atoms. The number of nitrogens with zero attached hydrogens (tertiary/aromatic N) is 2. The van der Waals surface area contributed by atoms with E-state index in [0.29, 0.717) is 5.92 Å². The number of hydrogen-bond acceptors (Lipinski definition) is 4. The van der Waals surface area contributed by atoms with Crippen LogP contribution < -0.4 is 5.32 Å². The van der Waals surface area contributed by atoms with Gasteiger partial charge in [-0.05, 0) is 39.2 Å². The van der Waals surface area contributed by atoms with Gasteiger partial charge < -0.3 is 10.4 Å². The van der Waals surface area contributed by atoms with E-state index in [1.807, 2.05) is 0 Å². The first kappa shape index (κ1) is 14.5. The molecule has 0 aliphatic carbocycles. The smallest absolute Gasteiger partial charge is 0.194 e. The third-order valence-electron chi connectivity index (χ3n) is 3.48. The quantitative estimate of drug-likeness (QED) is 0.767. The average Bonchev–Trinajstić information content (AvgIpc) is 2.89. The fourth-order valence-corrected chi connectivity index (χ4v) is 3.18. The number of thiazole rings is 1. The molecule has 0 radical (unpaired) electrons. The second kappa shape index (κ2) is 6.50. The highest BCUT2D eigenvalue weighted by atomic mass is 32.1. The van der Waals surface area contributed by atoms with Crippen LogP contribution in [0, 0.1) is 19.8 Å². The largest absolute Gasteiger partial charge is 0.396 e. The zero-order valence-corrected chi connectivity index (χ0v) is 12.8. The van der Waals surface area contributed by atoms with Crippen molar-refractivity contribution in [2.75, 3.05) is 13.2 Å². The highest BCUT2D eigenvalue weighted by Crippen LogP contribution is 2.20. The molecule has 2 heterocycles. The maximum absolute atomic E-state index is 8.97. The van der Waals surface area contributed by atoms with Gasteiger partial charge in [0.2, 0.25) is 0 Å². The van der Waals surface area contributed by atoms with Gasteiger partial charge in [0.05, 0.1) is 11.4 Å². The summed E-state index contributed by atoms with van der Waals surface area (Å²) in [7, 11) is 0. The van der Waals surface area contributed by atoms with Crippen molar-refractivity contribution in [3.05, 3.63) is 22.5 Å². The number of aryl methyl sites for hydroxylation is 2. The topological polar surface area (TPSA) is 49.6 Å². The fourth-order valence-electron chi connectivity index (χ4n) is 2.25. The predicted octanol–water partition coefficient (Wildman–Crippen LogP) is 2.51. The van der Waals surface area contributed by atoms with Gasteiger partial charge in [-0.25, -0.2) is 4.98 Å². The van der Waals surface area contributed by atoms with Gasteiger partial charge >= 0.3 is 0 Å². The average molecular weight is 281 g/mol. The molecule has 1 atom stereocenters. The highest BCUT2D eigenvalue weighted by Gasteiger charge is 2.11. The molecule has 2 N–H and O–H groups in total. The maximum atomic E-state index is 8.97. The molecule has 0 saturated carbocycles. The van der Waals surface area contributed by atoms with E-state index in [1.165, 1.54) is 11.4 Å². The fraction of sp³-hybridized carbons (Fsp3) is 0.643. The summed E-state index contributed by atoms with van der Waals surface area (Å²) in [4.78, 5) is 5.67. The molecule has 0 aliphatic rings. The molecule has 1 unspecified atom stereocenters. The lowest BCUT2D eigenvalue weighted by Crippen LogP contribution is -2.17. The van der Waals surface area contributed by atoms with Crippen LogP contribution >= 0.6 is 11.3 Å². The number of aliphatic hydroxyl groups is 1. The molecule has 0 aromatic carbocycles. The van der Waals surface area contributed by atoms with Crippen molar-refractivity contribution in [2.24, 2.45) is 5.92 Å². The third-order valence-corrected chi connectivity index (χ3v) is 4.43. The van der Waals surface area contributed by atoms with Crippen LogP contribution in [0.5, 0.6) is 0 Å². The zero-order chi connectivity index (χ0) is 13.8. The number of rotatable bonds is 7. The first-order chi connectivity index (χ1) is 9.13. The molecule has 0 saturated heterocycles. The number of aromatic nitrogens is 2. The van der Waals surface area contributed by atoms with Crippen LogP contribution in [0.2, 0.25) is 0 Å². The van der Waals surface area contributed by atoms with Crippen molar-refractivity contribution in [3.8, 4) is 0 Å². The summed E-state index contributed by atoms with van der Waals surface area (Å²) >= 11 is 1.70. The molecule has 0 spiro atoms. The minimum atomic E-state index is 0.288. The highest BCUT2D eigenvalue weighted by molar-refractivity contribution is 7.15. The van der Waals surface area contributed by atoms with E-state index in [0.717, 1.165) is 36.6 Å². The number of hydrogen-bond donors (Lipinski definition) is 2. The van der Waals surface area contributed by atoms with Gasteiger partial charge in [-0.2, -0.15) is 0 Å². The van der Waals surface area contributed by atoms with Crippen LogP contribution in [0.4, 0.5) is 0 Å². The van der Waals surface area contributed by atoms with E-state index in [2.05, 4.69) is 40.9 Å². The third kappa shape index (κ3) is 3.35. The van der Waals surface area contributed by atoms with E-state index in [1.54, 1.807) is 11.3 Å². The monoisotopic (exact) mass is 281 g/mol. The standard InChI is InChI=1S/C14H23N3OS/c1-10(8-18)5-4-6-15-7-13-12(3)16-14-17(13)11(2)9-19-14/h9-10,15,18H,4-8H2,1-3H3. The molecule has 0 aliphatic heterocycles. The SMILES string of the molecule is Cc1nc2scc(C)n2c1CNCCCC(C)CO. The lowest BCUT2D eigenvalue weighted by Gasteiger charge is -2.09. The molecular weight excluding hydrogens is 258 g/mol. The van der Waals surface area contributed by atoms with Crippen molar-refractivity contribution < 1.29 is 5.11 Å². The second-order valence-corrected chi connectivity index (χ2v) is 6.08. The van der Waals surface area contributed by atoms with Crippen molar-refractivity contribution in [2.45, 2.75) is 40.2 Å². The van der Waals surface area contributed by atoms with Gasteiger partial charge in [-0.3, -0.25) is 4.40 Å². The van der Waals surface area contributed by atoms with Gasteiger partial charge in [0, 0.05) is 24.2 Å². The maximum Gasteiger partial charge on any atom is 0.194 e. The van der Waals surface area contributed by atoms with Crippen LogP contribution in [-0.2, 0) is 6.54 Å². The van der Waals surface area contributed by atoms with E-state index in [9.17, 15) is 0 Å². The van der Waals surface area contributed by atoms with E-state index in [4.69, 9.17) is 5.11 Å².